The van der Waals surface area contributed by atoms with Crippen molar-refractivity contribution in [1.29, 1.82) is 5.26 Å². The predicted octanol–water partition coefficient (Wildman–Crippen LogP) is 1.93. The van der Waals surface area contributed by atoms with Crippen molar-refractivity contribution in [3.05, 3.63) is 65.7 Å². The number of carbonyl (C=O) groups is 3. The third-order valence-electron chi connectivity index (χ3n) is 4.51. The summed E-state index contributed by atoms with van der Waals surface area (Å²) in [7, 11) is 0. The molecule has 0 spiro atoms. The molecule has 2 unspecified atom stereocenters. The number of ether oxygens (including phenoxy) is 1. The van der Waals surface area contributed by atoms with E-state index in [1.54, 1.807) is 54.6 Å². The summed E-state index contributed by atoms with van der Waals surface area (Å²) < 4.78 is 5.32. The van der Waals surface area contributed by atoms with E-state index >= 15 is 0 Å². The molecular weight excluding hydrogens is 384 g/mol. The molecule has 0 radical (unpaired) electrons. The molecular formula is C22H24N4O4. The van der Waals surface area contributed by atoms with Gasteiger partial charge in [-0.3, -0.25) is 25.2 Å². The van der Waals surface area contributed by atoms with Crippen molar-refractivity contribution in [1.82, 2.24) is 16.2 Å². The molecule has 2 aromatic carbocycles. The molecule has 0 bridgehead atoms. The summed E-state index contributed by atoms with van der Waals surface area (Å²) in [6.07, 6.45) is 0.648. The van der Waals surface area contributed by atoms with Gasteiger partial charge in [-0.2, -0.15) is 5.26 Å². The monoisotopic (exact) mass is 408 g/mol. The van der Waals surface area contributed by atoms with Gasteiger partial charge in [0.05, 0.1) is 5.56 Å². The summed E-state index contributed by atoms with van der Waals surface area (Å²) in [5, 5.41) is 11.7. The topological polar surface area (TPSA) is 120 Å². The van der Waals surface area contributed by atoms with Crippen molar-refractivity contribution in [2.75, 3.05) is 6.61 Å². The zero-order valence-corrected chi connectivity index (χ0v) is 16.8. The first-order valence-electron chi connectivity index (χ1n) is 9.52. The Hall–Kier alpha value is -3.86. The maximum Gasteiger partial charge on any atom is 0.276 e. The van der Waals surface area contributed by atoms with Crippen LogP contribution < -0.4 is 20.9 Å². The Kier molecular flexibility index (Phi) is 8.39. The number of carbonyl (C=O) groups excluding carboxylic acids is 3. The van der Waals surface area contributed by atoms with Crippen LogP contribution in [0.15, 0.2) is 54.6 Å². The van der Waals surface area contributed by atoms with Gasteiger partial charge in [0, 0.05) is 5.56 Å². The molecule has 0 aliphatic carbocycles. The van der Waals surface area contributed by atoms with Gasteiger partial charge in [-0.25, -0.2) is 0 Å². The van der Waals surface area contributed by atoms with Gasteiger partial charge in [-0.05, 0) is 30.2 Å². The van der Waals surface area contributed by atoms with E-state index in [9.17, 15) is 14.4 Å². The second kappa shape index (κ2) is 11.2. The Morgan fingerprint density at radius 3 is 2.37 bits per heavy atom. The molecule has 0 fully saturated rings. The number of para-hydroxylation sites is 1. The van der Waals surface area contributed by atoms with Crippen LogP contribution in [-0.4, -0.2) is 30.4 Å². The van der Waals surface area contributed by atoms with E-state index in [4.69, 9.17) is 10.00 Å². The van der Waals surface area contributed by atoms with Crippen LogP contribution in [0.1, 0.15) is 36.2 Å². The number of hydrazine groups is 1. The Bertz CT molecular complexity index is 924. The van der Waals surface area contributed by atoms with Gasteiger partial charge in [-0.1, -0.05) is 50.6 Å². The molecule has 30 heavy (non-hydrogen) atoms. The third kappa shape index (κ3) is 6.34. The number of nitrogens with zero attached hydrogens (tertiary/aromatic N) is 1. The highest BCUT2D eigenvalue weighted by Crippen LogP contribution is 2.16. The summed E-state index contributed by atoms with van der Waals surface area (Å²) in [6.45, 7) is 3.35. The molecule has 0 aromatic heterocycles. The Labute approximate surface area is 175 Å². The van der Waals surface area contributed by atoms with Crippen molar-refractivity contribution in [3.63, 3.8) is 0 Å². The van der Waals surface area contributed by atoms with Crippen LogP contribution in [0.2, 0.25) is 0 Å². The molecule has 0 aliphatic heterocycles. The minimum atomic E-state index is -0.830. The molecule has 0 saturated heterocycles. The number of nitrogens with one attached hydrogen (secondary N) is 3. The molecule has 156 valence electrons. The third-order valence-corrected chi connectivity index (χ3v) is 4.51. The van der Waals surface area contributed by atoms with Crippen molar-refractivity contribution in [2.45, 2.75) is 26.3 Å². The molecule has 2 rings (SSSR count). The molecule has 0 saturated carbocycles. The minimum absolute atomic E-state index is 0.159. The number of benzene rings is 2. The zero-order chi connectivity index (χ0) is 21.9. The molecule has 0 heterocycles. The van der Waals surface area contributed by atoms with Crippen LogP contribution in [0, 0.1) is 17.2 Å². The van der Waals surface area contributed by atoms with Crippen LogP contribution in [0.3, 0.4) is 0 Å². The number of hydrogen-bond acceptors (Lipinski definition) is 5. The lowest BCUT2D eigenvalue weighted by atomic mass is 9.98. The number of nitriles is 1. The fourth-order valence-electron chi connectivity index (χ4n) is 2.59. The molecule has 3 amide bonds. The Morgan fingerprint density at radius 1 is 1.03 bits per heavy atom. The van der Waals surface area contributed by atoms with Gasteiger partial charge >= 0.3 is 0 Å². The lowest BCUT2D eigenvalue weighted by Crippen LogP contribution is -2.55. The Balaban J connectivity index is 1.91. The van der Waals surface area contributed by atoms with Gasteiger partial charge in [-0.15, -0.1) is 0 Å². The lowest BCUT2D eigenvalue weighted by molar-refractivity contribution is -0.131. The van der Waals surface area contributed by atoms with Crippen LogP contribution in [0.4, 0.5) is 0 Å². The summed E-state index contributed by atoms with van der Waals surface area (Å²) in [6, 6.07) is 16.2. The SMILES string of the molecule is CCC(C)C(NC(=O)c1ccccc1)C(=O)NNC(=O)COc1ccccc1C#N. The normalized spacial score (nSPS) is 12.0. The van der Waals surface area contributed by atoms with Crippen molar-refractivity contribution < 1.29 is 19.1 Å². The fraction of sp³-hybridized carbons (Fsp3) is 0.273. The smallest absolute Gasteiger partial charge is 0.276 e. The zero-order valence-electron chi connectivity index (χ0n) is 16.8. The first kappa shape index (κ1) is 22.4. The van der Waals surface area contributed by atoms with Crippen molar-refractivity contribution in [2.24, 2.45) is 5.92 Å². The van der Waals surface area contributed by atoms with E-state index < -0.39 is 17.9 Å². The van der Waals surface area contributed by atoms with Crippen LogP contribution in [-0.2, 0) is 9.59 Å². The van der Waals surface area contributed by atoms with E-state index in [1.807, 2.05) is 19.9 Å². The molecule has 0 aliphatic rings. The quantitative estimate of drug-likeness (QED) is 0.577. The predicted molar refractivity (Wildman–Crippen MR) is 110 cm³/mol. The van der Waals surface area contributed by atoms with E-state index in [2.05, 4.69) is 16.2 Å². The van der Waals surface area contributed by atoms with E-state index in [0.29, 0.717) is 17.5 Å². The highest BCUT2D eigenvalue weighted by molar-refractivity contribution is 5.97. The molecule has 8 heteroatoms. The number of hydrogen-bond donors (Lipinski definition) is 3. The molecule has 2 aromatic rings. The van der Waals surface area contributed by atoms with Crippen molar-refractivity contribution >= 4 is 17.7 Å². The highest BCUT2D eigenvalue weighted by Gasteiger charge is 2.26. The van der Waals surface area contributed by atoms with Crippen LogP contribution in [0.5, 0.6) is 5.75 Å². The molecule has 8 nitrogen and oxygen atoms in total. The first-order chi connectivity index (χ1) is 14.5. The summed E-state index contributed by atoms with van der Waals surface area (Å²) in [5.74, 6) is -1.41. The second-order valence-electron chi connectivity index (χ2n) is 6.64. The van der Waals surface area contributed by atoms with Gasteiger partial charge in [0.1, 0.15) is 17.9 Å². The van der Waals surface area contributed by atoms with Gasteiger partial charge in [0.2, 0.25) is 0 Å². The van der Waals surface area contributed by atoms with Gasteiger partial charge in [0.15, 0.2) is 6.61 Å². The van der Waals surface area contributed by atoms with E-state index in [0.717, 1.165) is 0 Å². The van der Waals surface area contributed by atoms with Crippen LogP contribution in [0.25, 0.3) is 0 Å². The Morgan fingerprint density at radius 2 is 1.70 bits per heavy atom. The van der Waals surface area contributed by atoms with E-state index in [1.165, 1.54) is 0 Å². The second-order valence-corrected chi connectivity index (χ2v) is 6.64. The first-order valence-corrected chi connectivity index (χ1v) is 9.52. The van der Waals surface area contributed by atoms with Gasteiger partial charge < -0.3 is 10.1 Å². The standard InChI is InChI=1S/C22H24N4O4/c1-3-15(2)20(24-21(28)16-9-5-4-6-10-16)22(29)26-25-19(27)14-30-18-12-8-7-11-17(18)13-23/h4-12,15,20H,3,14H2,1-2H3,(H,24,28)(H,25,27)(H,26,29). The number of rotatable bonds is 8. The number of amides is 3. The maximum atomic E-state index is 12.6. The average Bonchev–Trinajstić information content (AvgIpc) is 2.79. The fourth-order valence-corrected chi connectivity index (χ4v) is 2.59. The lowest BCUT2D eigenvalue weighted by Gasteiger charge is -2.23. The summed E-state index contributed by atoms with van der Waals surface area (Å²) in [5.41, 5.74) is 5.32. The van der Waals surface area contributed by atoms with Gasteiger partial charge in [0.25, 0.3) is 17.7 Å². The maximum absolute atomic E-state index is 12.6. The largest absolute Gasteiger partial charge is 0.482 e. The minimum Gasteiger partial charge on any atom is -0.482 e. The highest BCUT2D eigenvalue weighted by atomic mass is 16.5. The van der Waals surface area contributed by atoms with E-state index in [-0.39, 0.29) is 24.2 Å². The summed E-state index contributed by atoms with van der Waals surface area (Å²) in [4.78, 5) is 37.0. The molecule has 2 atom stereocenters. The van der Waals surface area contributed by atoms with Crippen LogP contribution >= 0.6 is 0 Å². The summed E-state index contributed by atoms with van der Waals surface area (Å²) >= 11 is 0. The average molecular weight is 408 g/mol. The molecule has 3 N–H and O–H groups in total. The van der Waals surface area contributed by atoms with Crippen molar-refractivity contribution in [3.8, 4) is 11.8 Å².